The zero-order valence-corrected chi connectivity index (χ0v) is 12.3. The topological polar surface area (TPSA) is 32.3 Å². The Morgan fingerprint density at radius 3 is 2.58 bits per heavy atom. The van der Waals surface area contributed by atoms with Gasteiger partial charge in [-0.25, -0.2) is 0 Å². The first-order chi connectivity index (χ1) is 8.99. The van der Waals surface area contributed by atoms with E-state index in [2.05, 4.69) is 5.32 Å². The lowest BCUT2D eigenvalue weighted by Gasteiger charge is -2.18. The quantitative estimate of drug-likeness (QED) is 0.765. The maximum absolute atomic E-state index is 9.51. The van der Waals surface area contributed by atoms with Crippen LogP contribution in [0.3, 0.4) is 0 Å². The van der Waals surface area contributed by atoms with Crippen LogP contribution in [0.2, 0.25) is 10.0 Å². The average molecular weight is 296 g/mol. The third kappa shape index (κ3) is 3.14. The van der Waals surface area contributed by atoms with Gasteiger partial charge in [0.2, 0.25) is 0 Å². The highest BCUT2D eigenvalue weighted by Gasteiger charge is 2.12. The Kier molecular flexibility index (Phi) is 4.23. The molecular formula is C15H15Cl2NO. The van der Waals surface area contributed by atoms with Crippen LogP contribution in [0.25, 0.3) is 0 Å². The normalized spacial score (nSPS) is 12.2. The Labute approximate surface area is 123 Å². The van der Waals surface area contributed by atoms with Crippen LogP contribution in [0.5, 0.6) is 5.75 Å². The summed E-state index contributed by atoms with van der Waals surface area (Å²) in [5, 5.41) is 14.0. The molecule has 2 N–H and O–H groups in total. The van der Waals surface area contributed by atoms with Gasteiger partial charge in [0.15, 0.2) is 0 Å². The number of hydrogen-bond donors (Lipinski definition) is 2. The van der Waals surface area contributed by atoms with E-state index in [0.717, 1.165) is 16.8 Å². The van der Waals surface area contributed by atoms with Gasteiger partial charge < -0.3 is 10.4 Å². The number of phenols is 1. The zero-order valence-electron chi connectivity index (χ0n) is 10.7. The minimum atomic E-state index is 0.0233. The number of aromatic hydroxyl groups is 1. The summed E-state index contributed by atoms with van der Waals surface area (Å²) in [6, 6.07) is 11.0. The van der Waals surface area contributed by atoms with Gasteiger partial charge in [-0.2, -0.15) is 0 Å². The van der Waals surface area contributed by atoms with Crippen molar-refractivity contribution in [2.24, 2.45) is 0 Å². The third-order valence-electron chi connectivity index (χ3n) is 3.03. The fraction of sp³-hybridized carbons (Fsp3) is 0.200. The number of aryl methyl sites for hydroxylation is 1. The lowest BCUT2D eigenvalue weighted by Crippen LogP contribution is -2.07. The lowest BCUT2D eigenvalue weighted by molar-refractivity contribution is 0.471. The van der Waals surface area contributed by atoms with Crippen molar-refractivity contribution in [1.29, 1.82) is 0 Å². The summed E-state index contributed by atoms with van der Waals surface area (Å²) in [4.78, 5) is 0. The molecule has 19 heavy (non-hydrogen) atoms. The van der Waals surface area contributed by atoms with Crippen LogP contribution in [-0.2, 0) is 0 Å². The molecule has 0 radical (unpaired) electrons. The molecule has 2 aromatic rings. The first-order valence-corrected chi connectivity index (χ1v) is 6.74. The maximum atomic E-state index is 9.51. The summed E-state index contributed by atoms with van der Waals surface area (Å²) in [7, 11) is 0. The molecule has 0 aliphatic rings. The lowest BCUT2D eigenvalue weighted by atomic mass is 10.1. The van der Waals surface area contributed by atoms with E-state index >= 15 is 0 Å². The van der Waals surface area contributed by atoms with Crippen LogP contribution in [0.1, 0.15) is 24.1 Å². The van der Waals surface area contributed by atoms with Crippen molar-refractivity contribution in [2.75, 3.05) is 5.32 Å². The molecule has 0 spiro atoms. The monoisotopic (exact) mass is 295 g/mol. The van der Waals surface area contributed by atoms with Crippen LogP contribution < -0.4 is 5.32 Å². The standard InChI is InChI=1S/C15H15Cl2NO/c1-9-8-11(6-7-14(9)19)18-10(2)12-4-3-5-13(16)15(12)17/h3-8,10,18-19H,1-2H3. The van der Waals surface area contributed by atoms with Crippen LogP contribution in [0.4, 0.5) is 5.69 Å². The van der Waals surface area contributed by atoms with Crippen LogP contribution in [0, 0.1) is 6.92 Å². The summed E-state index contributed by atoms with van der Waals surface area (Å²) in [5.74, 6) is 0.291. The van der Waals surface area contributed by atoms with Gasteiger partial charge in [0.25, 0.3) is 0 Å². The van der Waals surface area contributed by atoms with Crippen molar-refractivity contribution in [1.82, 2.24) is 0 Å². The van der Waals surface area contributed by atoms with Gasteiger partial charge in [-0.1, -0.05) is 35.3 Å². The highest BCUT2D eigenvalue weighted by Crippen LogP contribution is 2.32. The Morgan fingerprint density at radius 2 is 1.89 bits per heavy atom. The minimum Gasteiger partial charge on any atom is -0.508 e. The Morgan fingerprint density at radius 1 is 1.16 bits per heavy atom. The van der Waals surface area contributed by atoms with Gasteiger partial charge >= 0.3 is 0 Å². The first-order valence-electron chi connectivity index (χ1n) is 5.99. The maximum Gasteiger partial charge on any atom is 0.118 e. The Balaban J connectivity index is 2.23. The number of halogens is 2. The molecular weight excluding hydrogens is 281 g/mol. The average Bonchev–Trinajstić information content (AvgIpc) is 2.37. The number of benzene rings is 2. The molecule has 1 atom stereocenters. The smallest absolute Gasteiger partial charge is 0.118 e. The van der Waals surface area contributed by atoms with Gasteiger partial charge in [-0.3, -0.25) is 0 Å². The van der Waals surface area contributed by atoms with Crippen LogP contribution in [0.15, 0.2) is 36.4 Å². The van der Waals surface area contributed by atoms with Gasteiger partial charge in [-0.05, 0) is 49.2 Å². The number of anilines is 1. The summed E-state index contributed by atoms with van der Waals surface area (Å²) >= 11 is 12.2. The van der Waals surface area contributed by atoms with Gasteiger partial charge in [0.05, 0.1) is 16.1 Å². The molecule has 0 saturated heterocycles. The summed E-state index contributed by atoms with van der Waals surface area (Å²) in [6.07, 6.45) is 0. The van der Waals surface area contributed by atoms with E-state index in [4.69, 9.17) is 23.2 Å². The number of hydrogen-bond acceptors (Lipinski definition) is 2. The van der Waals surface area contributed by atoms with Gasteiger partial charge in [-0.15, -0.1) is 0 Å². The van der Waals surface area contributed by atoms with Crippen molar-refractivity contribution in [2.45, 2.75) is 19.9 Å². The summed E-state index contributed by atoms with van der Waals surface area (Å²) < 4.78 is 0. The molecule has 2 aromatic carbocycles. The fourth-order valence-corrected chi connectivity index (χ4v) is 2.40. The summed E-state index contributed by atoms with van der Waals surface area (Å²) in [6.45, 7) is 3.87. The molecule has 0 aliphatic carbocycles. The zero-order chi connectivity index (χ0) is 14.0. The second kappa shape index (κ2) is 5.72. The first kappa shape index (κ1) is 14.0. The highest BCUT2D eigenvalue weighted by molar-refractivity contribution is 6.42. The fourth-order valence-electron chi connectivity index (χ4n) is 1.93. The van der Waals surface area contributed by atoms with E-state index in [0.29, 0.717) is 15.8 Å². The molecule has 4 heteroatoms. The Hall–Kier alpha value is -1.38. The molecule has 0 aliphatic heterocycles. The van der Waals surface area contributed by atoms with E-state index in [9.17, 15) is 5.11 Å². The van der Waals surface area contributed by atoms with Crippen molar-refractivity contribution in [3.63, 3.8) is 0 Å². The molecule has 0 bridgehead atoms. The molecule has 2 rings (SSSR count). The van der Waals surface area contributed by atoms with Crippen molar-refractivity contribution in [3.05, 3.63) is 57.6 Å². The molecule has 100 valence electrons. The predicted octanol–water partition coefficient (Wildman–Crippen LogP) is 5.18. The van der Waals surface area contributed by atoms with E-state index in [1.807, 2.05) is 38.1 Å². The van der Waals surface area contributed by atoms with E-state index in [1.165, 1.54) is 0 Å². The molecule has 0 amide bonds. The highest BCUT2D eigenvalue weighted by atomic mass is 35.5. The summed E-state index contributed by atoms with van der Waals surface area (Å²) in [5.41, 5.74) is 2.70. The number of rotatable bonds is 3. The minimum absolute atomic E-state index is 0.0233. The van der Waals surface area contributed by atoms with Gasteiger partial charge in [0.1, 0.15) is 5.75 Å². The molecule has 0 saturated carbocycles. The van der Waals surface area contributed by atoms with Crippen LogP contribution in [-0.4, -0.2) is 5.11 Å². The predicted molar refractivity (Wildman–Crippen MR) is 81.3 cm³/mol. The second-order valence-corrected chi connectivity index (χ2v) is 5.30. The van der Waals surface area contributed by atoms with E-state index in [1.54, 1.807) is 12.1 Å². The van der Waals surface area contributed by atoms with Crippen molar-refractivity contribution in [3.8, 4) is 5.75 Å². The van der Waals surface area contributed by atoms with Crippen molar-refractivity contribution >= 4 is 28.9 Å². The van der Waals surface area contributed by atoms with E-state index in [-0.39, 0.29) is 6.04 Å². The number of nitrogens with one attached hydrogen (secondary N) is 1. The SMILES string of the molecule is Cc1cc(NC(C)c2cccc(Cl)c2Cl)ccc1O. The van der Waals surface area contributed by atoms with Crippen molar-refractivity contribution < 1.29 is 5.11 Å². The van der Waals surface area contributed by atoms with Crippen LogP contribution >= 0.6 is 23.2 Å². The number of phenolic OH excluding ortho intramolecular Hbond substituents is 1. The molecule has 2 nitrogen and oxygen atoms in total. The van der Waals surface area contributed by atoms with Gasteiger partial charge in [0, 0.05) is 5.69 Å². The molecule has 0 aromatic heterocycles. The van der Waals surface area contributed by atoms with E-state index < -0.39 is 0 Å². The molecule has 0 heterocycles. The largest absolute Gasteiger partial charge is 0.508 e. The Bertz CT molecular complexity index is 599. The second-order valence-electron chi connectivity index (χ2n) is 4.51. The third-order valence-corrected chi connectivity index (χ3v) is 3.86. The molecule has 1 unspecified atom stereocenters. The molecule has 0 fully saturated rings.